The number of aryl methyl sites for hydroxylation is 3. The van der Waals surface area contributed by atoms with Crippen LogP contribution in [-0.2, 0) is 4.79 Å². The molecule has 1 atom stereocenters. The van der Waals surface area contributed by atoms with E-state index in [-0.39, 0.29) is 17.9 Å². The first-order valence-electron chi connectivity index (χ1n) is 8.94. The zero-order valence-electron chi connectivity index (χ0n) is 15.3. The molecule has 5 nitrogen and oxygen atoms in total. The van der Waals surface area contributed by atoms with Gasteiger partial charge in [-0.25, -0.2) is 0 Å². The van der Waals surface area contributed by atoms with Crippen LogP contribution >= 0.6 is 11.8 Å². The largest absolute Gasteiger partial charge is 0.339 e. The summed E-state index contributed by atoms with van der Waals surface area (Å²) in [5.41, 5.74) is 4.17. The second-order valence-electron chi connectivity index (χ2n) is 6.99. The highest BCUT2D eigenvalue weighted by Gasteiger charge is 2.29. The number of rotatable bonds is 2. The standard InChI is InChI=1S/C19H27N3O2S/c1-13-9-15(3)16(10-14(13)2)18(23)21-5-4-6-22(8-7-21)19(24)17-11-25-12-20-17/h9-10,17,20H,4-8,11-12H2,1-3H3. The summed E-state index contributed by atoms with van der Waals surface area (Å²) in [5.74, 6) is 1.96. The van der Waals surface area contributed by atoms with Crippen LogP contribution in [0.1, 0.15) is 33.5 Å². The molecular weight excluding hydrogens is 334 g/mol. The lowest BCUT2D eigenvalue weighted by molar-refractivity contribution is -0.132. The smallest absolute Gasteiger partial charge is 0.254 e. The first-order valence-corrected chi connectivity index (χ1v) is 10.1. The van der Waals surface area contributed by atoms with Gasteiger partial charge in [-0.05, 0) is 49.9 Å². The molecule has 2 saturated heterocycles. The molecule has 0 aromatic heterocycles. The highest BCUT2D eigenvalue weighted by molar-refractivity contribution is 7.99. The molecular formula is C19H27N3O2S. The van der Waals surface area contributed by atoms with Gasteiger partial charge in [0.1, 0.15) is 0 Å². The molecule has 2 amide bonds. The summed E-state index contributed by atoms with van der Waals surface area (Å²) in [7, 11) is 0. The molecule has 0 spiro atoms. The van der Waals surface area contributed by atoms with E-state index in [0.717, 1.165) is 41.3 Å². The zero-order chi connectivity index (χ0) is 18.0. The lowest BCUT2D eigenvalue weighted by Crippen LogP contribution is -2.46. The molecule has 25 heavy (non-hydrogen) atoms. The molecule has 136 valence electrons. The van der Waals surface area contributed by atoms with E-state index in [1.807, 2.05) is 29.7 Å². The Morgan fingerprint density at radius 2 is 1.68 bits per heavy atom. The minimum atomic E-state index is -0.0609. The fourth-order valence-electron chi connectivity index (χ4n) is 3.48. The maximum absolute atomic E-state index is 13.0. The molecule has 1 aromatic carbocycles. The second kappa shape index (κ2) is 7.79. The van der Waals surface area contributed by atoms with Gasteiger partial charge >= 0.3 is 0 Å². The van der Waals surface area contributed by atoms with Crippen LogP contribution in [0.5, 0.6) is 0 Å². The lowest BCUT2D eigenvalue weighted by Gasteiger charge is -2.25. The van der Waals surface area contributed by atoms with Crippen molar-refractivity contribution in [3.05, 3.63) is 34.4 Å². The van der Waals surface area contributed by atoms with E-state index in [1.54, 1.807) is 11.8 Å². The van der Waals surface area contributed by atoms with Crippen molar-refractivity contribution in [3.63, 3.8) is 0 Å². The first-order chi connectivity index (χ1) is 12.0. The Morgan fingerprint density at radius 1 is 1.00 bits per heavy atom. The summed E-state index contributed by atoms with van der Waals surface area (Å²) in [4.78, 5) is 29.4. The molecule has 1 N–H and O–H groups in total. The highest BCUT2D eigenvalue weighted by Crippen LogP contribution is 2.19. The normalized spacial score (nSPS) is 21.3. The third kappa shape index (κ3) is 4.01. The van der Waals surface area contributed by atoms with E-state index in [2.05, 4.69) is 18.3 Å². The number of amides is 2. The maximum atomic E-state index is 13.0. The Bertz CT molecular complexity index is 671. The Morgan fingerprint density at radius 3 is 2.40 bits per heavy atom. The van der Waals surface area contributed by atoms with Crippen molar-refractivity contribution in [1.82, 2.24) is 15.1 Å². The molecule has 2 heterocycles. The van der Waals surface area contributed by atoms with Crippen molar-refractivity contribution in [2.45, 2.75) is 33.2 Å². The van der Waals surface area contributed by atoms with Gasteiger partial charge in [-0.2, -0.15) is 0 Å². The average molecular weight is 362 g/mol. The number of hydrogen-bond donors (Lipinski definition) is 1. The van der Waals surface area contributed by atoms with Crippen molar-refractivity contribution in [3.8, 4) is 0 Å². The summed E-state index contributed by atoms with van der Waals surface area (Å²) in [6.07, 6.45) is 0.835. The topological polar surface area (TPSA) is 52.7 Å². The minimum absolute atomic E-state index is 0.0609. The van der Waals surface area contributed by atoms with Gasteiger partial charge in [-0.3, -0.25) is 14.9 Å². The molecule has 0 saturated carbocycles. The molecule has 1 aromatic rings. The maximum Gasteiger partial charge on any atom is 0.254 e. The summed E-state index contributed by atoms with van der Waals surface area (Å²) in [6, 6.07) is 4.02. The molecule has 2 aliphatic rings. The lowest BCUT2D eigenvalue weighted by atomic mass is 10.00. The van der Waals surface area contributed by atoms with Crippen molar-refractivity contribution in [2.24, 2.45) is 0 Å². The molecule has 3 rings (SSSR count). The van der Waals surface area contributed by atoms with Crippen LogP contribution in [0.15, 0.2) is 12.1 Å². The van der Waals surface area contributed by atoms with E-state index >= 15 is 0 Å². The predicted molar refractivity (Wildman–Crippen MR) is 102 cm³/mol. The first kappa shape index (κ1) is 18.3. The van der Waals surface area contributed by atoms with E-state index in [0.29, 0.717) is 19.6 Å². The Kier molecular flexibility index (Phi) is 5.69. The van der Waals surface area contributed by atoms with Crippen molar-refractivity contribution in [1.29, 1.82) is 0 Å². The number of carbonyl (C=O) groups excluding carboxylic acids is 2. The summed E-state index contributed by atoms with van der Waals surface area (Å²) < 4.78 is 0. The number of carbonyl (C=O) groups is 2. The number of nitrogens with one attached hydrogen (secondary N) is 1. The van der Waals surface area contributed by atoms with Gasteiger partial charge in [0, 0.05) is 43.4 Å². The van der Waals surface area contributed by atoms with Crippen LogP contribution in [0, 0.1) is 20.8 Å². The van der Waals surface area contributed by atoms with E-state index in [9.17, 15) is 9.59 Å². The highest BCUT2D eigenvalue weighted by atomic mass is 32.2. The van der Waals surface area contributed by atoms with E-state index < -0.39 is 0 Å². The Balaban J connectivity index is 1.67. The average Bonchev–Trinajstić information content (AvgIpc) is 3.01. The third-order valence-corrected chi connectivity index (χ3v) is 6.12. The summed E-state index contributed by atoms with van der Waals surface area (Å²) in [6.45, 7) is 8.78. The van der Waals surface area contributed by atoms with Gasteiger partial charge in [-0.1, -0.05) is 6.07 Å². The van der Waals surface area contributed by atoms with Gasteiger partial charge < -0.3 is 9.80 Å². The minimum Gasteiger partial charge on any atom is -0.339 e. The monoisotopic (exact) mass is 361 g/mol. The number of nitrogens with zero attached hydrogens (tertiary/aromatic N) is 2. The molecule has 0 aliphatic carbocycles. The van der Waals surface area contributed by atoms with Gasteiger partial charge in [0.2, 0.25) is 5.91 Å². The van der Waals surface area contributed by atoms with Crippen LogP contribution in [0.25, 0.3) is 0 Å². The number of thioether (sulfide) groups is 1. The molecule has 1 unspecified atom stereocenters. The summed E-state index contributed by atoms with van der Waals surface area (Å²) in [5, 5.41) is 3.24. The van der Waals surface area contributed by atoms with Crippen LogP contribution < -0.4 is 5.32 Å². The van der Waals surface area contributed by atoms with Gasteiger partial charge in [0.15, 0.2) is 0 Å². The predicted octanol–water partition coefficient (Wildman–Crippen LogP) is 1.95. The Labute approximate surface area is 154 Å². The molecule has 2 aliphatic heterocycles. The fraction of sp³-hybridized carbons (Fsp3) is 0.579. The zero-order valence-corrected chi connectivity index (χ0v) is 16.1. The van der Waals surface area contributed by atoms with Crippen LogP contribution in [-0.4, -0.2) is 65.5 Å². The summed E-state index contributed by atoms with van der Waals surface area (Å²) >= 11 is 1.76. The SMILES string of the molecule is Cc1cc(C)c(C(=O)N2CCCN(C(=O)C3CSCN3)CC2)cc1C. The number of benzene rings is 1. The third-order valence-electron chi connectivity index (χ3n) is 5.18. The second-order valence-corrected chi connectivity index (χ2v) is 8.02. The quantitative estimate of drug-likeness (QED) is 0.875. The van der Waals surface area contributed by atoms with Crippen molar-refractivity contribution < 1.29 is 9.59 Å². The van der Waals surface area contributed by atoms with Gasteiger partial charge in [0.05, 0.1) is 6.04 Å². The van der Waals surface area contributed by atoms with Crippen LogP contribution in [0.3, 0.4) is 0 Å². The van der Waals surface area contributed by atoms with E-state index in [4.69, 9.17) is 0 Å². The van der Waals surface area contributed by atoms with E-state index in [1.165, 1.54) is 5.56 Å². The molecule has 6 heteroatoms. The van der Waals surface area contributed by atoms with Crippen LogP contribution in [0.4, 0.5) is 0 Å². The molecule has 0 radical (unpaired) electrons. The van der Waals surface area contributed by atoms with Gasteiger partial charge in [0.25, 0.3) is 5.91 Å². The molecule has 0 bridgehead atoms. The number of hydrogen-bond acceptors (Lipinski definition) is 4. The van der Waals surface area contributed by atoms with Crippen LogP contribution in [0.2, 0.25) is 0 Å². The Hall–Kier alpha value is -1.53. The van der Waals surface area contributed by atoms with Crippen molar-refractivity contribution >= 4 is 23.6 Å². The van der Waals surface area contributed by atoms with Gasteiger partial charge in [-0.15, -0.1) is 11.8 Å². The van der Waals surface area contributed by atoms with Crippen molar-refractivity contribution in [2.75, 3.05) is 37.8 Å². The fourth-order valence-corrected chi connectivity index (χ4v) is 4.41. The molecule has 2 fully saturated rings.